The van der Waals surface area contributed by atoms with Crippen LogP contribution < -0.4 is 15.5 Å². The molecule has 1 saturated heterocycles. The molecule has 1 fully saturated rings. The molecule has 4 nitrogen and oxygen atoms in total. The summed E-state index contributed by atoms with van der Waals surface area (Å²) in [4.78, 5) is 6.79. The van der Waals surface area contributed by atoms with Crippen LogP contribution in [0.1, 0.15) is 25.8 Å². The number of anilines is 1. The summed E-state index contributed by atoms with van der Waals surface area (Å²) in [5.74, 6) is 1.19. The maximum atomic E-state index is 13.5. The maximum Gasteiger partial charge on any atom is 0.191 e. The molecule has 0 spiro atoms. The molecule has 5 heteroatoms. The molecule has 0 bridgehead atoms. The van der Waals surface area contributed by atoms with Crippen molar-refractivity contribution in [3.8, 4) is 0 Å². The van der Waals surface area contributed by atoms with Crippen molar-refractivity contribution in [2.75, 3.05) is 38.1 Å². The Morgan fingerprint density at radius 1 is 1.14 bits per heavy atom. The molecule has 1 aliphatic heterocycles. The van der Waals surface area contributed by atoms with Gasteiger partial charge in [0.05, 0.1) is 0 Å². The number of benzene rings is 2. The van der Waals surface area contributed by atoms with E-state index >= 15 is 0 Å². The van der Waals surface area contributed by atoms with Gasteiger partial charge in [0.1, 0.15) is 5.82 Å². The molecule has 0 aliphatic carbocycles. The minimum absolute atomic E-state index is 0.197. The number of para-hydroxylation sites is 1. The van der Waals surface area contributed by atoms with Gasteiger partial charge in [0.2, 0.25) is 0 Å². The smallest absolute Gasteiger partial charge is 0.191 e. The third-order valence-electron chi connectivity index (χ3n) is 5.49. The molecule has 2 N–H and O–H groups in total. The van der Waals surface area contributed by atoms with Gasteiger partial charge in [0, 0.05) is 44.3 Å². The van der Waals surface area contributed by atoms with E-state index in [2.05, 4.69) is 64.7 Å². The van der Waals surface area contributed by atoms with Gasteiger partial charge in [-0.15, -0.1) is 0 Å². The summed E-state index contributed by atoms with van der Waals surface area (Å²) in [6.45, 7) is 7.94. The van der Waals surface area contributed by atoms with Crippen molar-refractivity contribution in [2.24, 2.45) is 10.9 Å². The van der Waals surface area contributed by atoms with Gasteiger partial charge >= 0.3 is 0 Å². The van der Waals surface area contributed by atoms with Crippen LogP contribution in [0.5, 0.6) is 0 Å². The summed E-state index contributed by atoms with van der Waals surface area (Å²) in [5, 5.41) is 6.85. The molecule has 1 unspecified atom stereocenters. The van der Waals surface area contributed by atoms with Crippen molar-refractivity contribution in [1.29, 1.82) is 0 Å². The highest BCUT2D eigenvalue weighted by Gasteiger charge is 2.24. The molecule has 2 aromatic carbocycles. The van der Waals surface area contributed by atoms with Crippen molar-refractivity contribution in [3.63, 3.8) is 0 Å². The first-order chi connectivity index (χ1) is 13.5. The summed E-state index contributed by atoms with van der Waals surface area (Å²) in [5.41, 5.74) is 2.08. The minimum Gasteiger partial charge on any atom is -0.371 e. The topological polar surface area (TPSA) is 39.7 Å². The van der Waals surface area contributed by atoms with Crippen LogP contribution in [0.2, 0.25) is 0 Å². The van der Waals surface area contributed by atoms with Gasteiger partial charge in [-0.2, -0.15) is 0 Å². The first kappa shape index (κ1) is 20.2. The van der Waals surface area contributed by atoms with Crippen molar-refractivity contribution in [3.05, 3.63) is 66.0 Å². The first-order valence-electron chi connectivity index (χ1n) is 9.98. The predicted molar refractivity (Wildman–Crippen MR) is 116 cm³/mol. The van der Waals surface area contributed by atoms with Crippen LogP contribution in [0, 0.1) is 11.7 Å². The molecule has 1 aliphatic rings. The van der Waals surface area contributed by atoms with Crippen molar-refractivity contribution >= 4 is 11.6 Å². The number of hydrogen-bond acceptors (Lipinski definition) is 2. The number of nitrogens with one attached hydrogen (secondary N) is 2. The van der Waals surface area contributed by atoms with Crippen LogP contribution in [0.25, 0.3) is 0 Å². The van der Waals surface area contributed by atoms with E-state index in [0.29, 0.717) is 12.5 Å². The number of rotatable bonds is 6. The molecule has 2 aromatic rings. The second-order valence-electron chi connectivity index (χ2n) is 8.14. The lowest BCUT2D eigenvalue weighted by atomic mass is 9.84. The van der Waals surface area contributed by atoms with E-state index in [9.17, 15) is 4.39 Å². The SMILES string of the molecule is CN=C(NCC1CCN(c2ccccc2)C1)NCC(C)(C)c1cccc(F)c1. The highest BCUT2D eigenvalue weighted by atomic mass is 19.1. The zero-order valence-electron chi connectivity index (χ0n) is 17.1. The van der Waals surface area contributed by atoms with E-state index in [1.807, 2.05) is 6.07 Å². The third-order valence-corrected chi connectivity index (χ3v) is 5.49. The molecule has 150 valence electrons. The number of hydrogen-bond donors (Lipinski definition) is 2. The van der Waals surface area contributed by atoms with E-state index in [1.54, 1.807) is 19.2 Å². The fourth-order valence-corrected chi connectivity index (χ4v) is 3.65. The van der Waals surface area contributed by atoms with Crippen LogP contribution in [0.15, 0.2) is 59.6 Å². The monoisotopic (exact) mass is 382 g/mol. The third kappa shape index (κ3) is 5.24. The van der Waals surface area contributed by atoms with Crippen LogP contribution in [-0.2, 0) is 5.41 Å². The molecule has 28 heavy (non-hydrogen) atoms. The number of aliphatic imine (C=N–C) groups is 1. The maximum absolute atomic E-state index is 13.5. The zero-order valence-corrected chi connectivity index (χ0v) is 17.1. The van der Waals surface area contributed by atoms with E-state index < -0.39 is 0 Å². The lowest BCUT2D eigenvalue weighted by Crippen LogP contribution is -2.45. The summed E-state index contributed by atoms with van der Waals surface area (Å²) in [6, 6.07) is 17.4. The van der Waals surface area contributed by atoms with E-state index in [0.717, 1.165) is 31.2 Å². The standard InChI is InChI=1S/C23H31FN4/c1-23(2,19-8-7-9-20(24)14-19)17-27-22(25-3)26-15-18-12-13-28(16-18)21-10-5-4-6-11-21/h4-11,14,18H,12-13,15-17H2,1-3H3,(H2,25,26,27). The van der Waals surface area contributed by atoms with Crippen LogP contribution >= 0.6 is 0 Å². The van der Waals surface area contributed by atoms with Crippen LogP contribution in [0.4, 0.5) is 10.1 Å². The molecular weight excluding hydrogens is 351 g/mol. The average molecular weight is 383 g/mol. The van der Waals surface area contributed by atoms with Gasteiger partial charge in [-0.3, -0.25) is 4.99 Å². The Morgan fingerprint density at radius 2 is 1.93 bits per heavy atom. The Bertz CT molecular complexity index is 788. The molecule has 0 saturated carbocycles. The molecular formula is C23H31FN4. The van der Waals surface area contributed by atoms with Gasteiger partial charge in [-0.05, 0) is 42.2 Å². The zero-order chi connectivity index (χ0) is 20.0. The Kier molecular flexibility index (Phi) is 6.55. The van der Waals surface area contributed by atoms with Gasteiger partial charge in [0.15, 0.2) is 5.96 Å². The van der Waals surface area contributed by atoms with Gasteiger partial charge in [-0.25, -0.2) is 4.39 Å². The number of guanidine groups is 1. The molecule has 1 atom stereocenters. The molecule has 0 radical (unpaired) electrons. The summed E-state index contributed by atoms with van der Waals surface area (Å²) in [7, 11) is 1.79. The number of nitrogens with zero attached hydrogens (tertiary/aromatic N) is 2. The Balaban J connectivity index is 1.47. The highest BCUT2D eigenvalue weighted by molar-refractivity contribution is 5.79. The second-order valence-corrected chi connectivity index (χ2v) is 8.14. The second kappa shape index (κ2) is 9.09. The fraction of sp³-hybridized carbons (Fsp3) is 0.435. The van der Waals surface area contributed by atoms with Crippen molar-refractivity contribution < 1.29 is 4.39 Å². The average Bonchev–Trinajstić information content (AvgIpc) is 3.18. The summed E-state index contributed by atoms with van der Waals surface area (Å²) < 4.78 is 13.5. The molecule has 0 aromatic heterocycles. The van der Waals surface area contributed by atoms with E-state index in [4.69, 9.17) is 0 Å². The number of halogens is 1. The Morgan fingerprint density at radius 3 is 2.64 bits per heavy atom. The molecule has 0 amide bonds. The molecule has 3 rings (SSSR count). The lowest BCUT2D eigenvalue weighted by Gasteiger charge is -2.27. The largest absolute Gasteiger partial charge is 0.371 e. The molecule has 1 heterocycles. The van der Waals surface area contributed by atoms with E-state index in [-0.39, 0.29) is 11.2 Å². The van der Waals surface area contributed by atoms with Gasteiger partial charge in [0.25, 0.3) is 0 Å². The normalized spacial score (nSPS) is 17.6. The van der Waals surface area contributed by atoms with Crippen molar-refractivity contribution in [2.45, 2.75) is 25.7 Å². The van der Waals surface area contributed by atoms with Crippen LogP contribution in [-0.4, -0.2) is 39.2 Å². The van der Waals surface area contributed by atoms with Gasteiger partial charge in [-0.1, -0.05) is 44.2 Å². The summed E-state index contributed by atoms with van der Waals surface area (Å²) in [6.07, 6.45) is 1.17. The van der Waals surface area contributed by atoms with Crippen LogP contribution in [0.3, 0.4) is 0 Å². The Labute approximate surface area is 167 Å². The first-order valence-corrected chi connectivity index (χ1v) is 9.98. The summed E-state index contributed by atoms with van der Waals surface area (Å²) >= 11 is 0. The highest BCUT2D eigenvalue weighted by Crippen LogP contribution is 2.24. The Hall–Kier alpha value is -2.56. The van der Waals surface area contributed by atoms with Crippen molar-refractivity contribution in [1.82, 2.24) is 10.6 Å². The predicted octanol–water partition coefficient (Wildman–Crippen LogP) is 3.79. The fourth-order valence-electron chi connectivity index (χ4n) is 3.65. The minimum atomic E-state index is -0.197. The lowest BCUT2D eigenvalue weighted by molar-refractivity contribution is 0.498. The van der Waals surface area contributed by atoms with E-state index in [1.165, 1.54) is 18.2 Å². The van der Waals surface area contributed by atoms with Gasteiger partial charge < -0.3 is 15.5 Å². The quantitative estimate of drug-likeness (QED) is 0.590.